The van der Waals surface area contributed by atoms with Crippen LogP contribution in [0.1, 0.15) is 11.1 Å². The zero-order valence-corrected chi connectivity index (χ0v) is 12.0. The molecule has 0 bridgehead atoms. The summed E-state index contributed by atoms with van der Waals surface area (Å²) in [4.78, 5) is 17.1. The molecule has 0 saturated carbocycles. The Morgan fingerprint density at radius 2 is 1.55 bits per heavy atom. The number of hydroxylamine groups is 1. The Kier molecular flexibility index (Phi) is 3.80. The van der Waals surface area contributed by atoms with Gasteiger partial charge in [-0.2, -0.15) is 0 Å². The van der Waals surface area contributed by atoms with E-state index in [-0.39, 0.29) is 5.88 Å². The van der Waals surface area contributed by atoms with E-state index < -0.39 is 11.8 Å². The van der Waals surface area contributed by atoms with Gasteiger partial charge in [0.2, 0.25) is 5.88 Å². The van der Waals surface area contributed by atoms with Gasteiger partial charge in [0.1, 0.15) is 0 Å². The van der Waals surface area contributed by atoms with E-state index in [4.69, 9.17) is 9.57 Å². The molecule has 22 heavy (non-hydrogen) atoms. The maximum Gasteiger partial charge on any atom is 0.514 e. The first-order valence-corrected chi connectivity index (χ1v) is 6.78. The Morgan fingerprint density at radius 1 is 1.00 bits per heavy atom. The number of methoxy groups -OCH3 is 1. The topological polar surface area (TPSA) is 56.8 Å². The first-order valence-electron chi connectivity index (χ1n) is 6.78. The molecule has 0 atom stereocenters. The molecule has 112 valence electrons. The predicted octanol–water partition coefficient (Wildman–Crippen LogP) is 3.09. The molecule has 0 aliphatic carbocycles. The van der Waals surface area contributed by atoms with Gasteiger partial charge in [0.25, 0.3) is 0 Å². The van der Waals surface area contributed by atoms with Gasteiger partial charge >= 0.3 is 6.16 Å². The number of hydrogen-bond donors (Lipinski definition) is 1. The summed E-state index contributed by atoms with van der Waals surface area (Å²) in [6.45, 7) is 0. The number of nitrogens with one attached hydrogen (secondary N) is 1. The van der Waals surface area contributed by atoms with Crippen LogP contribution in [0, 0.1) is 0 Å². The standard InChI is InChI=1S/C17H15NO4/c1-20-16(19)21-15-12-17(22-18-15,13-8-4-2-5-9-13)14-10-6-3-7-11-14/h2-12,18H,1H3. The van der Waals surface area contributed by atoms with Crippen molar-refractivity contribution in [2.45, 2.75) is 5.60 Å². The smallest absolute Gasteiger partial charge is 0.437 e. The fourth-order valence-electron chi connectivity index (χ4n) is 2.38. The Bertz CT molecular complexity index is 643. The van der Waals surface area contributed by atoms with Gasteiger partial charge < -0.3 is 9.47 Å². The summed E-state index contributed by atoms with van der Waals surface area (Å²) in [5.41, 5.74) is 3.61. The number of hydrogen-bond acceptors (Lipinski definition) is 5. The van der Waals surface area contributed by atoms with Crippen molar-refractivity contribution in [2.75, 3.05) is 7.11 Å². The average molecular weight is 297 g/mol. The first kappa shape index (κ1) is 14.2. The largest absolute Gasteiger partial charge is 0.514 e. The van der Waals surface area contributed by atoms with Gasteiger partial charge in [-0.25, -0.2) is 10.3 Å². The number of benzene rings is 2. The van der Waals surface area contributed by atoms with Crippen LogP contribution in [0.25, 0.3) is 0 Å². The van der Waals surface area contributed by atoms with Gasteiger partial charge in [-0.05, 0) is 11.1 Å². The van der Waals surface area contributed by atoms with Crippen LogP contribution in [-0.2, 0) is 19.9 Å². The lowest BCUT2D eigenvalue weighted by Crippen LogP contribution is -2.28. The van der Waals surface area contributed by atoms with E-state index in [2.05, 4.69) is 10.2 Å². The molecule has 5 heteroatoms. The van der Waals surface area contributed by atoms with Crippen LogP contribution in [0.3, 0.4) is 0 Å². The lowest BCUT2D eigenvalue weighted by Gasteiger charge is -2.26. The Labute approximate surface area is 128 Å². The van der Waals surface area contributed by atoms with E-state index in [0.29, 0.717) is 0 Å². The van der Waals surface area contributed by atoms with Crippen molar-refractivity contribution in [1.29, 1.82) is 0 Å². The minimum atomic E-state index is -0.869. The van der Waals surface area contributed by atoms with Crippen LogP contribution < -0.4 is 5.48 Å². The van der Waals surface area contributed by atoms with Crippen molar-refractivity contribution in [3.8, 4) is 0 Å². The molecule has 1 aliphatic heterocycles. The summed E-state index contributed by atoms with van der Waals surface area (Å²) in [6.07, 6.45) is 0.911. The summed E-state index contributed by atoms with van der Waals surface area (Å²) >= 11 is 0. The summed E-state index contributed by atoms with van der Waals surface area (Å²) < 4.78 is 9.52. The first-order chi connectivity index (χ1) is 10.7. The molecule has 3 rings (SSSR count). The van der Waals surface area contributed by atoms with E-state index in [1.54, 1.807) is 6.08 Å². The van der Waals surface area contributed by atoms with Gasteiger partial charge in [0.05, 0.1) is 7.11 Å². The molecule has 0 spiro atoms. The van der Waals surface area contributed by atoms with E-state index in [0.717, 1.165) is 11.1 Å². The third-order valence-corrected chi connectivity index (χ3v) is 3.41. The van der Waals surface area contributed by atoms with E-state index >= 15 is 0 Å². The molecule has 0 amide bonds. The van der Waals surface area contributed by atoms with Crippen molar-refractivity contribution in [1.82, 2.24) is 5.48 Å². The molecule has 0 aromatic heterocycles. The highest BCUT2D eigenvalue weighted by Gasteiger charge is 2.40. The number of ether oxygens (including phenoxy) is 2. The highest BCUT2D eigenvalue weighted by molar-refractivity contribution is 5.61. The minimum Gasteiger partial charge on any atom is -0.437 e. The fourth-order valence-corrected chi connectivity index (χ4v) is 2.38. The molecule has 2 aromatic rings. The fraction of sp³-hybridized carbons (Fsp3) is 0.118. The van der Waals surface area contributed by atoms with Crippen LogP contribution >= 0.6 is 0 Å². The summed E-state index contributed by atoms with van der Waals surface area (Å²) in [6, 6.07) is 19.4. The minimum absolute atomic E-state index is 0.194. The van der Waals surface area contributed by atoms with Crippen LogP contribution in [-0.4, -0.2) is 13.3 Å². The normalized spacial score (nSPS) is 15.6. The molecular weight excluding hydrogens is 282 g/mol. The third kappa shape index (κ3) is 2.54. The second-order valence-corrected chi connectivity index (χ2v) is 4.74. The number of rotatable bonds is 3. The molecule has 5 nitrogen and oxygen atoms in total. The summed E-state index contributed by atoms with van der Waals surface area (Å²) in [7, 11) is 1.25. The van der Waals surface area contributed by atoms with Crippen molar-refractivity contribution in [2.24, 2.45) is 0 Å². The van der Waals surface area contributed by atoms with Gasteiger partial charge in [0, 0.05) is 6.08 Å². The van der Waals surface area contributed by atoms with Crippen LogP contribution in [0.2, 0.25) is 0 Å². The Hall–Kier alpha value is -2.79. The molecule has 0 saturated heterocycles. The highest BCUT2D eigenvalue weighted by Crippen LogP contribution is 2.38. The molecule has 2 aromatic carbocycles. The zero-order chi connectivity index (χ0) is 15.4. The molecule has 0 radical (unpaired) electrons. The Morgan fingerprint density at radius 3 is 2.05 bits per heavy atom. The monoisotopic (exact) mass is 297 g/mol. The van der Waals surface area contributed by atoms with Crippen molar-refractivity contribution < 1.29 is 19.1 Å². The van der Waals surface area contributed by atoms with Crippen LogP contribution in [0.5, 0.6) is 0 Å². The van der Waals surface area contributed by atoms with Crippen molar-refractivity contribution in [3.05, 3.63) is 83.7 Å². The van der Waals surface area contributed by atoms with E-state index in [9.17, 15) is 4.79 Å². The predicted molar refractivity (Wildman–Crippen MR) is 79.5 cm³/mol. The second kappa shape index (κ2) is 5.91. The van der Waals surface area contributed by atoms with Crippen LogP contribution in [0.4, 0.5) is 4.79 Å². The van der Waals surface area contributed by atoms with Crippen LogP contribution in [0.15, 0.2) is 72.6 Å². The highest BCUT2D eigenvalue weighted by atomic mass is 16.8. The average Bonchev–Trinajstić information content (AvgIpc) is 3.01. The van der Waals surface area contributed by atoms with Crippen molar-refractivity contribution >= 4 is 6.16 Å². The van der Waals surface area contributed by atoms with E-state index in [1.807, 2.05) is 60.7 Å². The summed E-state index contributed by atoms with van der Waals surface area (Å²) in [5.74, 6) is 0.194. The lowest BCUT2D eigenvalue weighted by molar-refractivity contribution is -0.0328. The Balaban J connectivity index is 2.05. The molecule has 0 unspecified atom stereocenters. The van der Waals surface area contributed by atoms with Gasteiger partial charge in [-0.3, -0.25) is 4.84 Å². The molecule has 1 aliphatic rings. The molecular formula is C17H15NO4. The SMILES string of the molecule is COC(=O)OC1=CC(c2ccccc2)(c2ccccc2)ON1. The zero-order valence-electron chi connectivity index (χ0n) is 12.0. The molecule has 0 fully saturated rings. The lowest BCUT2D eigenvalue weighted by atomic mass is 9.86. The molecule has 1 heterocycles. The number of carbonyl (C=O) groups excluding carboxylic acids is 1. The molecule has 1 N–H and O–H groups in total. The van der Waals surface area contributed by atoms with Crippen molar-refractivity contribution in [3.63, 3.8) is 0 Å². The van der Waals surface area contributed by atoms with Gasteiger partial charge in [-0.1, -0.05) is 60.7 Å². The second-order valence-electron chi connectivity index (χ2n) is 4.74. The third-order valence-electron chi connectivity index (χ3n) is 3.41. The summed E-state index contributed by atoms with van der Waals surface area (Å²) in [5, 5.41) is 0. The van der Waals surface area contributed by atoms with E-state index in [1.165, 1.54) is 7.11 Å². The quantitative estimate of drug-likeness (QED) is 0.882. The number of carbonyl (C=O) groups is 1. The van der Waals surface area contributed by atoms with Gasteiger partial charge in [-0.15, -0.1) is 0 Å². The maximum absolute atomic E-state index is 11.3. The van der Waals surface area contributed by atoms with Gasteiger partial charge in [0.15, 0.2) is 5.60 Å². The maximum atomic E-state index is 11.3.